The third-order valence-corrected chi connectivity index (χ3v) is 6.62. The second-order valence-electron chi connectivity index (χ2n) is 9.99. The quantitative estimate of drug-likeness (QED) is 0.255. The Labute approximate surface area is 221 Å². The van der Waals surface area contributed by atoms with Crippen molar-refractivity contribution in [2.45, 2.75) is 80.9 Å². The SMILES string of the molecule is CC(C)Cc1ccccc1C(O)(CC(F)(F)C(F)(F)C(F)(F)C(F)(F)C(F)(F)C(F)(F)F)C(C)c1ccccc1. The number of aliphatic hydroxyl groups is 1. The maximum Gasteiger partial charge on any atom is 0.460 e. The van der Waals surface area contributed by atoms with Crippen molar-refractivity contribution in [3.63, 3.8) is 0 Å². The van der Waals surface area contributed by atoms with Crippen molar-refractivity contribution in [1.82, 2.24) is 0 Å². The largest absolute Gasteiger partial charge is 0.460 e. The fraction of sp³-hybridized carbons (Fsp3) is 0.538. The maximum atomic E-state index is 15.1. The summed E-state index contributed by atoms with van der Waals surface area (Å²) in [5.41, 5.74) is -3.63. The van der Waals surface area contributed by atoms with E-state index in [1.807, 2.05) is 0 Å². The number of halogens is 13. The van der Waals surface area contributed by atoms with E-state index in [0.717, 1.165) is 13.0 Å². The van der Waals surface area contributed by atoms with E-state index >= 15 is 8.78 Å². The van der Waals surface area contributed by atoms with Gasteiger partial charge in [0.25, 0.3) is 0 Å². The zero-order chi connectivity index (χ0) is 31.2. The molecular formula is C26H25F13O. The van der Waals surface area contributed by atoms with Gasteiger partial charge in [-0.15, -0.1) is 0 Å². The first-order chi connectivity index (χ1) is 17.9. The lowest BCUT2D eigenvalue weighted by atomic mass is 9.71. The Balaban J connectivity index is 2.76. The Kier molecular flexibility index (Phi) is 9.03. The minimum absolute atomic E-state index is 0.00385. The molecule has 1 N–H and O–H groups in total. The summed E-state index contributed by atoms with van der Waals surface area (Å²) in [5, 5.41) is 11.6. The molecule has 2 unspecified atom stereocenters. The molecule has 0 aliphatic rings. The highest BCUT2D eigenvalue weighted by Crippen LogP contribution is 2.62. The normalized spacial score (nSPS) is 16.6. The highest BCUT2D eigenvalue weighted by Gasteiger charge is 2.90. The van der Waals surface area contributed by atoms with E-state index in [9.17, 15) is 53.4 Å². The van der Waals surface area contributed by atoms with Crippen LogP contribution in [0.5, 0.6) is 0 Å². The van der Waals surface area contributed by atoms with Gasteiger partial charge in [-0.1, -0.05) is 75.4 Å². The average Bonchev–Trinajstić information content (AvgIpc) is 2.82. The molecule has 0 amide bonds. The van der Waals surface area contributed by atoms with Gasteiger partial charge in [0.2, 0.25) is 0 Å². The Morgan fingerprint density at radius 1 is 0.600 bits per heavy atom. The van der Waals surface area contributed by atoms with Gasteiger partial charge in [0.1, 0.15) is 5.60 Å². The Morgan fingerprint density at radius 2 is 1.05 bits per heavy atom. The molecular weight excluding hydrogens is 575 g/mol. The summed E-state index contributed by atoms with van der Waals surface area (Å²) in [6.45, 7) is 4.35. The molecule has 0 saturated carbocycles. The van der Waals surface area contributed by atoms with Crippen LogP contribution in [0.1, 0.15) is 49.8 Å². The Morgan fingerprint density at radius 3 is 1.52 bits per heavy atom. The highest BCUT2D eigenvalue weighted by molar-refractivity contribution is 5.38. The van der Waals surface area contributed by atoms with E-state index in [2.05, 4.69) is 0 Å². The molecule has 0 fully saturated rings. The first kappa shape index (κ1) is 33.7. The lowest BCUT2D eigenvalue weighted by Crippen LogP contribution is -2.70. The summed E-state index contributed by atoms with van der Waals surface area (Å²) in [7, 11) is 0. The van der Waals surface area contributed by atoms with Crippen molar-refractivity contribution in [3.8, 4) is 0 Å². The Hall–Kier alpha value is -2.51. The lowest BCUT2D eigenvalue weighted by molar-refractivity contribution is -0.441. The van der Waals surface area contributed by atoms with Gasteiger partial charge in [0.05, 0.1) is 6.42 Å². The summed E-state index contributed by atoms with van der Waals surface area (Å²) in [6, 6.07) is 11.6. The lowest BCUT2D eigenvalue weighted by Gasteiger charge is -2.44. The standard InChI is InChI=1S/C26H25F13O/c1-15(2)13-18-11-7-8-12-19(18)20(40,16(3)17-9-5-4-6-10-17)14-21(27,28)22(29,30)23(31,32)24(33,34)25(35,36)26(37,38)39/h4-12,15-16,40H,13-14H2,1-3H3. The van der Waals surface area contributed by atoms with Crippen molar-refractivity contribution < 1.29 is 62.2 Å². The first-order valence-corrected chi connectivity index (χ1v) is 11.7. The molecule has 2 aromatic carbocycles. The average molecular weight is 600 g/mol. The molecule has 0 aliphatic carbocycles. The monoisotopic (exact) mass is 600 g/mol. The van der Waals surface area contributed by atoms with Crippen LogP contribution in [0.15, 0.2) is 54.6 Å². The molecule has 14 heteroatoms. The van der Waals surface area contributed by atoms with Crippen LogP contribution in [0.25, 0.3) is 0 Å². The van der Waals surface area contributed by atoms with E-state index in [1.165, 1.54) is 48.5 Å². The van der Waals surface area contributed by atoms with Crippen molar-refractivity contribution in [3.05, 3.63) is 71.3 Å². The van der Waals surface area contributed by atoms with Gasteiger partial charge in [-0.25, -0.2) is 0 Å². The van der Waals surface area contributed by atoms with Gasteiger partial charge in [-0.3, -0.25) is 0 Å². The van der Waals surface area contributed by atoms with E-state index in [-0.39, 0.29) is 23.5 Å². The molecule has 0 radical (unpaired) electrons. The van der Waals surface area contributed by atoms with Crippen molar-refractivity contribution in [2.75, 3.05) is 0 Å². The summed E-state index contributed by atoms with van der Waals surface area (Å²) in [4.78, 5) is 0. The van der Waals surface area contributed by atoms with Crippen LogP contribution in [0.4, 0.5) is 57.1 Å². The molecule has 2 rings (SSSR count). The van der Waals surface area contributed by atoms with E-state index < -0.39 is 59.3 Å². The summed E-state index contributed by atoms with van der Waals surface area (Å²) >= 11 is 0. The minimum Gasteiger partial charge on any atom is -0.384 e. The van der Waals surface area contributed by atoms with Gasteiger partial charge in [0, 0.05) is 5.92 Å². The van der Waals surface area contributed by atoms with Gasteiger partial charge in [0.15, 0.2) is 0 Å². The van der Waals surface area contributed by atoms with Crippen molar-refractivity contribution >= 4 is 0 Å². The topological polar surface area (TPSA) is 20.2 Å². The van der Waals surface area contributed by atoms with Crippen molar-refractivity contribution in [2.24, 2.45) is 5.92 Å². The number of hydrogen-bond donors (Lipinski definition) is 1. The number of benzene rings is 2. The highest BCUT2D eigenvalue weighted by atomic mass is 19.4. The first-order valence-electron chi connectivity index (χ1n) is 11.7. The minimum atomic E-state index is -8.01. The van der Waals surface area contributed by atoms with Crippen LogP contribution in [-0.4, -0.2) is 40.9 Å². The van der Waals surface area contributed by atoms with E-state index in [1.54, 1.807) is 13.8 Å². The molecule has 2 atom stereocenters. The number of alkyl halides is 13. The van der Waals surface area contributed by atoms with Crippen LogP contribution < -0.4 is 0 Å². The fourth-order valence-corrected chi connectivity index (χ4v) is 4.31. The molecule has 0 heterocycles. The summed E-state index contributed by atoms with van der Waals surface area (Å²) in [6.07, 6.45) is -10.2. The molecule has 1 nitrogen and oxygen atoms in total. The third-order valence-electron chi connectivity index (χ3n) is 6.62. The zero-order valence-electron chi connectivity index (χ0n) is 21.1. The van der Waals surface area contributed by atoms with E-state index in [4.69, 9.17) is 0 Å². The second-order valence-corrected chi connectivity index (χ2v) is 9.99. The summed E-state index contributed by atoms with van der Waals surface area (Å²) in [5.74, 6) is -39.6. The second kappa shape index (κ2) is 10.7. The van der Waals surface area contributed by atoms with Crippen LogP contribution in [0, 0.1) is 5.92 Å². The molecule has 0 bridgehead atoms. The van der Waals surface area contributed by atoms with Crippen molar-refractivity contribution in [1.29, 1.82) is 0 Å². The molecule has 0 aromatic heterocycles. The zero-order valence-corrected chi connectivity index (χ0v) is 21.1. The van der Waals surface area contributed by atoms with Gasteiger partial charge in [-0.2, -0.15) is 57.1 Å². The predicted octanol–water partition coefficient (Wildman–Crippen LogP) is 9.01. The number of rotatable bonds is 11. The third kappa shape index (κ3) is 5.52. The fourth-order valence-electron chi connectivity index (χ4n) is 4.31. The van der Waals surface area contributed by atoms with Crippen LogP contribution >= 0.6 is 0 Å². The smallest absolute Gasteiger partial charge is 0.384 e. The molecule has 2 aromatic rings. The molecule has 40 heavy (non-hydrogen) atoms. The van der Waals surface area contributed by atoms with Crippen LogP contribution in [0.2, 0.25) is 0 Å². The summed E-state index contributed by atoms with van der Waals surface area (Å²) < 4.78 is 179. The van der Waals surface area contributed by atoms with Crippen LogP contribution in [0.3, 0.4) is 0 Å². The maximum absolute atomic E-state index is 15.1. The van der Waals surface area contributed by atoms with Gasteiger partial charge >= 0.3 is 35.8 Å². The van der Waals surface area contributed by atoms with Gasteiger partial charge < -0.3 is 5.11 Å². The molecule has 0 spiro atoms. The molecule has 0 saturated heterocycles. The van der Waals surface area contributed by atoms with E-state index in [0.29, 0.717) is 0 Å². The predicted molar refractivity (Wildman–Crippen MR) is 119 cm³/mol. The molecule has 0 aliphatic heterocycles. The Bertz CT molecular complexity index is 1140. The van der Waals surface area contributed by atoms with Crippen LogP contribution in [-0.2, 0) is 12.0 Å². The molecule has 226 valence electrons. The van der Waals surface area contributed by atoms with Gasteiger partial charge in [-0.05, 0) is 29.0 Å². The number of hydrogen-bond acceptors (Lipinski definition) is 1.